The van der Waals surface area contributed by atoms with Crippen molar-refractivity contribution >= 4 is 5.97 Å². The SMILES string of the molecule is COC(=O)C[C@H](c1ccc(O)cc1)c1oc(CN2CCc3cc(OC)c(OC)cc3[C@@H]2c2cc(OC)c(OC)c(OC)c2)cc(=O)c1O. The van der Waals surface area contributed by atoms with E-state index in [1.807, 2.05) is 24.3 Å². The van der Waals surface area contributed by atoms with E-state index in [0.717, 1.165) is 16.7 Å². The van der Waals surface area contributed by atoms with Crippen LogP contribution in [-0.4, -0.2) is 70.3 Å². The number of hydrogen-bond acceptors (Lipinski definition) is 12. The van der Waals surface area contributed by atoms with Crippen LogP contribution in [0.25, 0.3) is 0 Å². The van der Waals surface area contributed by atoms with E-state index in [4.69, 9.17) is 32.8 Å². The molecule has 1 aromatic heterocycles. The number of methoxy groups -OCH3 is 6. The van der Waals surface area contributed by atoms with Crippen molar-refractivity contribution in [3.63, 3.8) is 0 Å². The molecule has 0 radical (unpaired) electrons. The number of carbonyl (C=O) groups is 1. The van der Waals surface area contributed by atoms with E-state index in [0.29, 0.717) is 47.3 Å². The first-order valence-electron chi connectivity index (χ1n) is 15.2. The number of rotatable bonds is 12. The molecular formula is C36H39NO11. The summed E-state index contributed by atoms with van der Waals surface area (Å²) >= 11 is 0. The third-order valence-electron chi connectivity index (χ3n) is 8.55. The maximum atomic E-state index is 13.2. The van der Waals surface area contributed by atoms with Gasteiger partial charge in [-0.05, 0) is 65.1 Å². The van der Waals surface area contributed by atoms with E-state index in [1.54, 1.807) is 40.6 Å². The van der Waals surface area contributed by atoms with Gasteiger partial charge in [-0.3, -0.25) is 14.5 Å². The fourth-order valence-corrected chi connectivity index (χ4v) is 6.21. The van der Waals surface area contributed by atoms with Crippen molar-refractivity contribution in [3.8, 4) is 40.2 Å². The molecular weight excluding hydrogens is 622 g/mol. The van der Waals surface area contributed by atoms with Crippen molar-refractivity contribution in [1.82, 2.24) is 4.90 Å². The van der Waals surface area contributed by atoms with Crippen molar-refractivity contribution in [3.05, 3.63) is 98.6 Å². The third kappa shape index (κ3) is 6.70. The molecule has 254 valence electrons. The zero-order valence-electron chi connectivity index (χ0n) is 27.7. The maximum Gasteiger partial charge on any atom is 0.306 e. The van der Waals surface area contributed by atoms with Gasteiger partial charge >= 0.3 is 5.97 Å². The monoisotopic (exact) mass is 661 g/mol. The summed E-state index contributed by atoms with van der Waals surface area (Å²) in [5.41, 5.74) is 2.67. The van der Waals surface area contributed by atoms with Gasteiger partial charge in [0, 0.05) is 12.6 Å². The quantitative estimate of drug-likeness (QED) is 0.198. The molecule has 48 heavy (non-hydrogen) atoms. The molecule has 1 aliphatic heterocycles. The number of hydrogen-bond donors (Lipinski definition) is 2. The summed E-state index contributed by atoms with van der Waals surface area (Å²) in [6.07, 6.45) is 0.429. The first-order valence-corrected chi connectivity index (χ1v) is 15.2. The summed E-state index contributed by atoms with van der Waals surface area (Å²) in [6.45, 7) is 0.700. The van der Waals surface area contributed by atoms with Gasteiger partial charge in [0.2, 0.25) is 16.9 Å². The number of phenolic OH excluding ortho intramolecular Hbond substituents is 1. The van der Waals surface area contributed by atoms with Gasteiger partial charge in [-0.25, -0.2) is 0 Å². The molecule has 0 saturated carbocycles. The van der Waals surface area contributed by atoms with E-state index >= 15 is 0 Å². The molecule has 3 aromatic carbocycles. The van der Waals surface area contributed by atoms with Gasteiger partial charge in [0.05, 0.1) is 67.6 Å². The average Bonchev–Trinajstić information content (AvgIpc) is 3.10. The Kier molecular flexibility index (Phi) is 10.3. The Morgan fingerprint density at radius 3 is 2.06 bits per heavy atom. The number of fused-ring (bicyclic) bond motifs is 1. The van der Waals surface area contributed by atoms with Crippen LogP contribution >= 0.6 is 0 Å². The zero-order valence-corrected chi connectivity index (χ0v) is 27.7. The van der Waals surface area contributed by atoms with Gasteiger partial charge in [0.25, 0.3) is 0 Å². The number of carbonyl (C=O) groups excluding carboxylic acids is 1. The highest BCUT2D eigenvalue weighted by Gasteiger charge is 2.34. The van der Waals surface area contributed by atoms with Crippen LogP contribution in [-0.2, 0) is 22.5 Å². The first-order chi connectivity index (χ1) is 23.1. The number of ether oxygens (including phenoxy) is 6. The molecule has 2 atom stereocenters. The molecule has 2 heterocycles. The summed E-state index contributed by atoms with van der Waals surface area (Å²) in [5.74, 6) is 0.700. The summed E-state index contributed by atoms with van der Waals surface area (Å²) in [4.78, 5) is 27.8. The smallest absolute Gasteiger partial charge is 0.306 e. The Balaban J connectivity index is 1.65. The second kappa shape index (κ2) is 14.6. The number of benzene rings is 3. The Labute approximate surface area is 277 Å². The van der Waals surface area contributed by atoms with Gasteiger partial charge in [-0.1, -0.05) is 12.1 Å². The molecule has 12 nitrogen and oxygen atoms in total. The highest BCUT2D eigenvalue weighted by molar-refractivity contribution is 5.71. The van der Waals surface area contributed by atoms with Crippen molar-refractivity contribution in [2.75, 3.05) is 49.2 Å². The standard InChI is InChI=1S/C36H39NO11/c1-42-28-13-21-11-12-37(33(25(21)17-29(28)43-2)22-14-30(44-3)36(47-6)31(15-22)45-4)19-24-16-27(39)34(41)35(48-24)26(18-32(40)46-5)20-7-9-23(38)10-8-20/h7-10,13-17,26,33,38,41H,11-12,18-19H2,1-6H3/t26-,33+/m1/s1. The highest BCUT2D eigenvalue weighted by atomic mass is 16.5. The van der Waals surface area contributed by atoms with E-state index in [9.17, 15) is 19.8 Å². The first kappa shape index (κ1) is 34.0. The highest BCUT2D eigenvalue weighted by Crippen LogP contribution is 2.46. The van der Waals surface area contributed by atoms with Gasteiger partial charge in [-0.2, -0.15) is 0 Å². The van der Waals surface area contributed by atoms with Gasteiger partial charge in [-0.15, -0.1) is 0 Å². The van der Waals surface area contributed by atoms with Gasteiger partial charge in [0.15, 0.2) is 28.8 Å². The van der Waals surface area contributed by atoms with Crippen molar-refractivity contribution in [2.45, 2.75) is 31.3 Å². The predicted molar refractivity (Wildman–Crippen MR) is 175 cm³/mol. The Hall–Kier alpha value is -5.36. The molecule has 5 rings (SSSR count). The largest absolute Gasteiger partial charge is 0.508 e. The van der Waals surface area contributed by atoms with Gasteiger partial charge < -0.3 is 43.1 Å². The molecule has 0 spiro atoms. The molecule has 0 bridgehead atoms. The lowest BCUT2D eigenvalue weighted by atomic mass is 9.87. The van der Waals surface area contributed by atoms with Gasteiger partial charge in [0.1, 0.15) is 11.5 Å². The van der Waals surface area contributed by atoms with Crippen LogP contribution < -0.4 is 29.1 Å². The fourth-order valence-electron chi connectivity index (χ4n) is 6.21. The van der Waals surface area contributed by atoms with E-state index in [-0.39, 0.29) is 30.2 Å². The van der Waals surface area contributed by atoms with Crippen LogP contribution in [0.5, 0.6) is 40.2 Å². The summed E-state index contributed by atoms with van der Waals surface area (Å²) < 4.78 is 39.4. The third-order valence-corrected chi connectivity index (χ3v) is 8.55. The molecule has 2 N–H and O–H groups in total. The second-order valence-electron chi connectivity index (χ2n) is 11.2. The minimum atomic E-state index is -0.865. The van der Waals surface area contributed by atoms with E-state index < -0.39 is 29.1 Å². The Bertz CT molecular complexity index is 1810. The molecule has 0 saturated heterocycles. The van der Waals surface area contributed by atoms with Crippen LogP contribution in [0.1, 0.15) is 52.2 Å². The van der Waals surface area contributed by atoms with Crippen LogP contribution in [0.15, 0.2) is 63.8 Å². The molecule has 0 unspecified atom stereocenters. The van der Waals surface area contributed by atoms with Crippen LogP contribution in [0.4, 0.5) is 0 Å². The number of nitrogens with zero attached hydrogens (tertiary/aromatic N) is 1. The maximum absolute atomic E-state index is 13.2. The van der Waals surface area contributed by atoms with Crippen molar-refractivity contribution in [1.29, 1.82) is 0 Å². The molecule has 0 aliphatic carbocycles. The van der Waals surface area contributed by atoms with Crippen molar-refractivity contribution in [2.24, 2.45) is 0 Å². The zero-order chi connectivity index (χ0) is 34.5. The Morgan fingerprint density at radius 2 is 1.48 bits per heavy atom. The Morgan fingerprint density at radius 1 is 0.854 bits per heavy atom. The molecule has 12 heteroatoms. The summed E-state index contributed by atoms with van der Waals surface area (Å²) in [6, 6.07) is 14.6. The lowest BCUT2D eigenvalue weighted by Crippen LogP contribution is -2.36. The lowest BCUT2D eigenvalue weighted by Gasteiger charge is -2.38. The average molecular weight is 662 g/mol. The van der Waals surface area contributed by atoms with Crippen LogP contribution in [0.2, 0.25) is 0 Å². The molecule has 1 aliphatic rings. The van der Waals surface area contributed by atoms with Crippen molar-refractivity contribution < 1.29 is 47.8 Å². The fraction of sp³-hybridized carbons (Fsp3) is 0.333. The molecule has 4 aromatic rings. The number of phenols is 1. The topological polar surface area (TPSA) is 146 Å². The minimum Gasteiger partial charge on any atom is -0.508 e. The molecule has 0 amide bonds. The number of aromatic hydroxyl groups is 2. The minimum absolute atomic E-state index is 0.0208. The van der Waals surface area contributed by atoms with E-state index in [2.05, 4.69) is 4.90 Å². The number of esters is 1. The predicted octanol–water partition coefficient (Wildman–Crippen LogP) is 4.94. The lowest BCUT2D eigenvalue weighted by molar-refractivity contribution is -0.140. The van der Waals surface area contributed by atoms with E-state index in [1.165, 1.54) is 32.4 Å². The second-order valence-corrected chi connectivity index (χ2v) is 11.2. The normalized spacial score (nSPS) is 14.8. The molecule has 0 fully saturated rings. The summed E-state index contributed by atoms with van der Waals surface area (Å²) in [7, 11) is 9.05. The summed E-state index contributed by atoms with van der Waals surface area (Å²) in [5, 5.41) is 20.8. The van der Waals surface area contributed by atoms with Crippen LogP contribution in [0, 0.1) is 0 Å². The van der Waals surface area contributed by atoms with Crippen LogP contribution in [0.3, 0.4) is 0 Å².